The van der Waals surface area contributed by atoms with Crippen molar-refractivity contribution in [2.45, 2.75) is 59.4 Å². The number of likely N-dealkylation sites (tertiary alicyclic amines) is 1. The highest BCUT2D eigenvalue weighted by Crippen LogP contribution is 2.40. The van der Waals surface area contributed by atoms with E-state index in [4.69, 9.17) is 0 Å². The van der Waals surface area contributed by atoms with Crippen molar-refractivity contribution in [2.75, 3.05) is 13.1 Å². The van der Waals surface area contributed by atoms with E-state index in [2.05, 4.69) is 67.8 Å². The Bertz CT molecular complexity index is 615. The monoisotopic (exact) mass is 337 g/mol. The Morgan fingerprint density at radius 1 is 1.08 bits per heavy atom. The normalized spacial score (nSPS) is 22.2. The third kappa shape index (κ3) is 4.52. The summed E-state index contributed by atoms with van der Waals surface area (Å²) in [5, 5.41) is 0. The number of fused-ring (bicyclic) bond motifs is 1. The van der Waals surface area contributed by atoms with Crippen LogP contribution in [0.5, 0.6) is 0 Å². The summed E-state index contributed by atoms with van der Waals surface area (Å²) in [5.74, 6) is 0.861. The Morgan fingerprint density at radius 3 is 2.40 bits per heavy atom. The smallest absolute Gasteiger partial charge is 0.0607 e. The van der Waals surface area contributed by atoms with Crippen LogP contribution < -0.4 is 0 Å². The number of hydrogen-bond acceptors (Lipinski definition) is 1. The third-order valence-corrected chi connectivity index (χ3v) is 5.45. The Labute approximate surface area is 155 Å². The highest BCUT2D eigenvalue weighted by atomic mass is 15.2. The molecule has 0 amide bonds. The summed E-state index contributed by atoms with van der Waals surface area (Å²) in [6.07, 6.45) is 11.4. The van der Waals surface area contributed by atoms with Gasteiger partial charge >= 0.3 is 0 Å². The molecule has 0 bridgehead atoms. The minimum Gasteiger partial charge on any atom is -0.292 e. The molecule has 25 heavy (non-hydrogen) atoms. The minimum absolute atomic E-state index is 0.394. The van der Waals surface area contributed by atoms with Crippen molar-refractivity contribution in [1.82, 2.24) is 4.90 Å². The molecule has 0 aromatic heterocycles. The lowest BCUT2D eigenvalue weighted by Gasteiger charge is -2.38. The molecule has 1 fully saturated rings. The van der Waals surface area contributed by atoms with E-state index in [1.165, 1.54) is 48.2 Å². The van der Waals surface area contributed by atoms with Gasteiger partial charge in [0.05, 0.1) is 6.04 Å². The van der Waals surface area contributed by atoms with Gasteiger partial charge in [-0.05, 0) is 73.9 Å². The van der Waals surface area contributed by atoms with Gasteiger partial charge in [-0.15, -0.1) is 0 Å². The van der Waals surface area contributed by atoms with Crippen molar-refractivity contribution in [3.63, 3.8) is 0 Å². The van der Waals surface area contributed by atoms with Crippen LogP contribution in [0.1, 0.15) is 64.1 Å². The predicted molar refractivity (Wildman–Crippen MR) is 111 cm³/mol. The lowest BCUT2D eigenvalue weighted by Crippen LogP contribution is -2.37. The van der Waals surface area contributed by atoms with Gasteiger partial charge in [0.2, 0.25) is 0 Å². The van der Waals surface area contributed by atoms with Gasteiger partial charge in [0.15, 0.2) is 0 Å². The number of aryl methyl sites for hydroxylation is 1. The van der Waals surface area contributed by atoms with E-state index >= 15 is 0 Å². The fourth-order valence-corrected chi connectivity index (χ4v) is 4.06. The highest BCUT2D eigenvalue weighted by Gasteiger charge is 2.30. The molecule has 2 aliphatic rings. The maximum Gasteiger partial charge on any atom is 0.0607 e. The van der Waals surface area contributed by atoms with Gasteiger partial charge in [0, 0.05) is 0 Å². The largest absolute Gasteiger partial charge is 0.292 e. The lowest BCUT2D eigenvalue weighted by molar-refractivity contribution is 0.157. The summed E-state index contributed by atoms with van der Waals surface area (Å²) in [6, 6.07) is 9.43. The molecule has 3 rings (SSSR count). The Hall–Kier alpha value is -1.60. The van der Waals surface area contributed by atoms with Crippen LogP contribution in [0, 0.1) is 5.92 Å². The van der Waals surface area contributed by atoms with Crippen molar-refractivity contribution >= 4 is 0 Å². The quantitative estimate of drug-likeness (QED) is 0.609. The molecule has 136 valence electrons. The van der Waals surface area contributed by atoms with E-state index < -0.39 is 0 Å². The first-order valence-electron chi connectivity index (χ1n) is 10.0. The zero-order chi connectivity index (χ0) is 18.2. The molecule has 0 N–H and O–H groups in total. The fourth-order valence-electron chi connectivity index (χ4n) is 4.06. The molecule has 0 spiro atoms. The van der Waals surface area contributed by atoms with Crippen LogP contribution in [0.4, 0.5) is 0 Å². The fraction of sp³-hybridized carbons (Fsp3) is 0.500. The van der Waals surface area contributed by atoms with Crippen molar-refractivity contribution < 1.29 is 0 Å². The van der Waals surface area contributed by atoms with Crippen LogP contribution in [-0.2, 0) is 6.42 Å². The summed E-state index contributed by atoms with van der Waals surface area (Å²) in [6.45, 7) is 15.0. The number of allylic oxidation sites excluding steroid dienone is 3. The van der Waals surface area contributed by atoms with E-state index in [0.717, 1.165) is 18.8 Å². The van der Waals surface area contributed by atoms with Gasteiger partial charge in [0.1, 0.15) is 0 Å². The number of rotatable bonds is 3. The standard InChI is InChI=1S/C22H29N.C2H6/c1-4-8-20-18(5-2)11-12-19-9-6-7-10-21(19)22(20)23-15-13-17(3)14-16-23;1-2/h4-10,17,22H,2,11-16H2,1,3H3;1-2H3/b8-4-;. The highest BCUT2D eigenvalue weighted by molar-refractivity contribution is 5.47. The molecule has 1 aliphatic carbocycles. The molecule has 1 unspecified atom stereocenters. The van der Waals surface area contributed by atoms with E-state index in [-0.39, 0.29) is 0 Å². The molecule has 1 atom stereocenters. The molecular formula is C24H35N. The molecule has 0 radical (unpaired) electrons. The summed E-state index contributed by atoms with van der Waals surface area (Å²) < 4.78 is 0. The second kappa shape index (κ2) is 9.77. The van der Waals surface area contributed by atoms with Gasteiger partial charge in [-0.25, -0.2) is 0 Å². The number of hydrogen-bond donors (Lipinski definition) is 0. The average Bonchev–Trinajstić information content (AvgIpc) is 2.81. The molecule has 0 saturated carbocycles. The minimum atomic E-state index is 0.394. The van der Waals surface area contributed by atoms with Crippen molar-refractivity contribution in [3.8, 4) is 0 Å². The van der Waals surface area contributed by atoms with Crippen LogP contribution in [0.15, 0.2) is 60.2 Å². The summed E-state index contributed by atoms with van der Waals surface area (Å²) in [7, 11) is 0. The van der Waals surface area contributed by atoms with Gasteiger partial charge < -0.3 is 0 Å². The molecule has 1 nitrogen and oxygen atoms in total. The summed E-state index contributed by atoms with van der Waals surface area (Å²) in [5.41, 5.74) is 5.90. The van der Waals surface area contributed by atoms with E-state index in [1.807, 2.05) is 13.8 Å². The molecule has 1 aliphatic heterocycles. The van der Waals surface area contributed by atoms with E-state index in [9.17, 15) is 0 Å². The SMILES string of the molecule is C=CC1=C(/C=C\C)C(N2CCC(C)CC2)c2ccccc2CC1.CC. The van der Waals surface area contributed by atoms with Crippen molar-refractivity contribution in [3.05, 3.63) is 71.3 Å². The first-order valence-corrected chi connectivity index (χ1v) is 10.0. The number of piperidine rings is 1. The lowest BCUT2D eigenvalue weighted by atomic mass is 9.89. The molecule has 1 aromatic carbocycles. The third-order valence-electron chi connectivity index (χ3n) is 5.45. The van der Waals surface area contributed by atoms with Crippen molar-refractivity contribution in [2.24, 2.45) is 5.92 Å². The molecule has 1 saturated heterocycles. The maximum atomic E-state index is 4.10. The topological polar surface area (TPSA) is 3.24 Å². The first-order chi connectivity index (χ1) is 12.2. The number of benzene rings is 1. The van der Waals surface area contributed by atoms with Crippen LogP contribution in [-0.4, -0.2) is 18.0 Å². The molecular weight excluding hydrogens is 302 g/mol. The molecule has 1 heteroatoms. The van der Waals surface area contributed by atoms with E-state index in [0.29, 0.717) is 6.04 Å². The van der Waals surface area contributed by atoms with Gasteiger partial charge in [-0.3, -0.25) is 4.90 Å². The second-order valence-corrected chi connectivity index (χ2v) is 7.00. The van der Waals surface area contributed by atoms with Crippen molar-refractivity contribution in [1.29, 1.82) is 0 Å². The Balaban J connectivity index is 0.00000109. The Morgan fingerprint density at radius 2 is 1.76 bits per heavy atom. The van der Waals surface area contributed by atoms with Crippen LogP contribution in [0.2, 0.25) is 0 Å². The average molecular weight is 338 g/mol. The summed E-state index contributed by atoms with van der Waals surface area (Å²) in [4.78, 5) is 2.70. The van der Waals surface area contributed by atoms with E-state index in [1.54, 1.807) is 0 Å². The molecule has 1 aromatic rings. The predicted octanol–water partition coefficient (Wildman–Crippen LogP) is 6.49. The van der Waals surface area contributed by atoms with Gasteiger partial charge in [0.25, 0.3) is 0 Å². The Kier molecular flexibility index (Phi) is 7.71. The zero-order valence-corrected chi connectivity index (χ0v) is 16.6. The van der Waals surface area contributed by atoms with Gasteiger partial charge in [-0.1, -0.05) is 69.8 Å². The van der Waals surface area contributed by atoms with Gasteiger partial charge in [-0.2, -0.15) is 0 Å². The van der Waals surface area contributed by atoms with Crippen LogP contribution >= 0.6 is 0 Å². The number of nitrogens with zero attached hydrogens (tertiary/aromatic N) is 1. The maximum absolute atomic E-state index is 4.10. The second-order valence-electron chi connectivity index (χ2n) is 7.00. The first kappa shape index (κ1) is 19.7. The van der Waals surface area contributed by atoms with Crippen LogP contribution in [0.25, 0.3) is 0 Å². The molecule has 1 heterocycles. The zero-order valence-electron chi connectivity index (χ0n) is 16.6. The van der Waals surface area contributed by atoms with Crippen LogP contribution in [0.3, 0.4) is 0 Å². The summed E-state index contributed by atoms with van der Waals surface area (Å²) >= 11 is 0.